The van der Waals surface area contributed by atoms with Crippen LogP contribution in [0.25, 0.3) is 0 Å². The van der Waals surface area contributed by atoms with Crippen LogP contribution in [0.15, 0.2) is 91.0 Å². The molecule has 0 saturated carbocycles. The highest BCUT2D eigenvalue weighted by Gasteiger charge is 2.26. The van der Waals surface area contributed by atoms with Crippen LogP contribution in [0.2, 0.25) is 0 Å². The molecule has 12 nitrogen and oxygen atoms in total. The highest BCUT2D eigenvalue weighted by Crippen LogP contribution is 2.21. The molecule has 1 heterocycles. The van der Waals surface area contributed by atoms with Gasteiger partial charge < -0.3 is 14.2 Å². The number of amides is 3. The van der Waals surface area contributed by atoms with Crippen LogP contribution in [-0.2, 0) is 0 Å². The number of nitrogens with zero attached hydrogens (tertiary/aromatic N) is 6. The molecular formula is C27H24N6O6. The van der Waals surface area contributed by atoms with E-state index in [1.807, 2.05) is 0 Å². The van der Waals surface area contributed by atoms with Gasteiger partial charge in [-0.2, -0.15) is 15.0 Å². The minimum atomic E-state index is -0.812. The van der Waals surface area contributed by atoms with Gasteiger partial charge in [-0.05, 0) is 36.4 Å². The number of carbonyl (C=O) groups excluding carboxylic acids is 3. The summed E-state index contributed by atoms with van der Waals surface area (Å²) < 4.78 is 16.1. The molecule has 1 aromatic heterocycles. The summed E-state index contributed by atoms with van der Waals surface area (Å²) in [6.45, 7) is 0. The van der Waals surface area contributed by atoms with Gasteiger partial charge >= 0.3 is 18.3 Å². The summed E-state index contributed by atoms with van der Waals surface area (Å²) in [6, 6.07) is 25.2. The Balaban J connectivity index is 1.63. The SMILES string of the molecule is CN(C(=O)Oc1ccccc1)c1nc(N(C)C(=O)Oc2ccccc2)nc(N(C)C(=O)Oc2ccccc2)n1. The van der Waals surface area contributed by atoms with E-state index in [9.17, 15) is 14.4 Å². The Bertz CT molecular complexity index is 1250. The predicted molar refractivity (Wildman–Crippen MR) is 142 cm³/mol. The average Bonchev–Trinajstić information content (AvgIpc) is 2.97. The molecule has 0 aliphatic heterocycles. The van der Waals surface area contributed by atoms with E-state index in [1.165, 1.54) is 21.1 Å². The van der Waals surface area contributed by atoms with E-state index in [1.54, 1.807) is 91.0 Å². The van der Waals surface area contributed by atoms with Crippen molar-refractivity contribution < 1.29 is 28.6 Å². The third kappa shape index (κ3) is 6.83. The van der Waals surface area contributed by atoms with Gasteiger partial charge in [0.2, 0.25) is 17.8 Å². The standard InChI is InChI=1S/C27H24N6O6/c1-31(25(34)37-19-13-7-4-8-14-19)22-28-23(32(2)26(35)38-20-15-9-5-10-16-20)30-24(29-22)33(3)27(36)39-21-17-11-6-12-18-21/h4-18H,1-3H3. The van der Waals surface area contributed by atoms with E-state index >= 15 is 0 Å². The second kappa shape index (κ2) is 12.1. The first-order valence-corrected chi connectivity index (χ1v) is 11.6. The molecule has 12 heteroatoms. The van der Waals surface area contributed by atoms with Crippen LogP contribution in [0.1, 0.15) is 0 Å². The molecule has 0 bridgehead atoms. The van der Waals surface area contributed by atoms with Gasteiger partial charge in [-0.15, -0.1) is 0 Å². The van der Waals surface area contributed by atoms with Crippen molar-refractivity contribution in [2.45, 2.75) is 0 Å². The lowest BCUT2D eigenvalue weighted by atomic mass is 10.3. The van der Waals surface area contributed by atoms with Crippen LogP contribution < -0.4 is 28.9 Å². The van der Waals surface area contributed by atoms with E-state index in [0.717, 1.165) is 14.7 Å². The molecule has 4 rings (SSSR count). The van der Waals surface area contributed by atoms with Crippen LogP contribution in [-0.4, -0.2) is 54.4 Å². The minimum Gasteiger partial charge on any atom is -0.410 e. The zero-order chi connectivity index (χ0) is 27.8. The van der Waals surface area contributed by atoms with Gasteiger partial charge in [-0.3, -0.25) is 0 Å². The number of carbonyl (C=O) groups is 3. The van der Waals surface area contributed by atoms with Crippen LogP contribution in [0.4, 0.5) is 32.2 Å². The molecule has 0 saturated heterocycles. The molecule has 0 spiro atoms. The molecule has 0 fully saturated rings. The maximum Gasteiger partial charge on any atom is 0.421 e. The van der Waals surface area contributed by atoms with Crippen molar-refractivity contribution in [2.24, 2.45) is 0 Å². The first-order valence-electron chi connectivity index (χ1n) is 11.6. The minimum absolute atomic E-state index is 0.199. The summed E-state index contributed by atoms with van der Waals surface area (Å²) in [5.41, 5.74) is 0. The van der Waals surface area contributed by atoms with Crippen molar-refractivity contribution in [3.8, 4) is 17.2 Å². The number of rotatable bonds is 6. The van der Waals surface area contributed by atoms with Crippen molar-refractivity contribution in [3.63, 3.8) is 0 Å². The first-order chi connectivity index (χ1) is 18.8. The summed E-state index contributed by atoms with van der Waals surface area (Å²) >= 11 is 0. The summed E-state index contributed by atoms with van der Waals surface area (Å²) in [4.78, 5) is 54.2. The van der Waals surface area contributed by atoms with Crippen molar-refractivity contribution in [3.05, 3.63) is 91.0 Å². The third-order valence-corrected chi connectivity index (χ3v) is 5.17. The van der Waals surface area contributed by atoms with Crippen LogP contribution in [0.3, 0.4) is 0 Å². The van der Waals surface area contributed by atoms with Crippen LogP contribution >= 0.6 is 0 Å². The van der Waals surface area contributed by atoms with Gasteiger partial charge in [0.15, 0.2) is 0 Å². The maximum atomic E-state index is 12.8. The molecule has 39 heavy (non-hydrogen) atoms. The van der Waals surface area contributed by atoms with E-state index in [-0.39, 0.29) is 17.8 Å². The first kappa shape index (κ1) is 26.5. The Hall–Kier alpha value is -5.52. The normalized spacial score (nSPS) is 10.2. The van der Waals surface area contributed by atoms with Gasteiger partial charge in [-0.25, -0.2) is 29.1 Å². The Kier molecular flexibility index (Phi) is 8.27. The average molecular weight is 529 g/mol. The summed E-state index contributed by atoms with van der Waals surface area (Å²) in [6.07, 6.45) is -2.44. The number of hydrogen-bond acceptors (Lipinski definition) is 9. The number of benzene rings is 3. The third-order valence-electron chi connectivity index (χ3n) is 5.17. The van der Waals surface area contributed by atoms with E-state index in [2.05, 4.69) is 15.0 Å². The molecule has 0 aliphatic carbocycles. The highest BCUT2D eigenvalue weighted by atomic mass is 16.6. The van der Waals surface area contributed by atoms with E-state index < -0.39 is 18.3 Å². The number of hydrogen-bond donors (Lipinski definition) is 0. The molecule has 3 aromatic carbocycles. The lowest BCUT2D eigenvalue weighted by Gasteiger charge is -2.21. The molecule has 0 unspecified atom stereocenters. The largest absolute Gasteiger partial charge is 0.421 e. The zero-order valence-electron chi connectivity index (χ0n) is 21.3. The van der Waals surface area contributed by atoms with Crippen LogP contribution in [0.5, 0.6) is 17.2 Å². The van der Waals surface area contributed by atoms with Gasteiger partial charge in [-0.1, -0.05) is 54.6 Å². The zero-order valence-corrected chi connectivity index (χ0v) is 21.3. The fraction of sp³-hybridized carbons (Fsp3) is 0.111. The molecule has 0 radical (unpaired) electrons. The molecule has 0 atom stereocenters. The van der Waals surface area contributed by atoms with Gasteiger partial charge in [0.1, 0.15) is 17.2 Å². The number of anilines is 3. The van der Waals surface area contributed by atoms with Crippen LogP contribution in [0, 0.1) is 0 Å². The fourth-order valence-electron chi connectivity index (χ4n) is 3.01. The number of para-hydroxylation sites is 3. The lowest BCUT2D eigenvalue weighted by Crippen LogP contribution is -2.36. The summed E-state index contributed by atoms with van der Waals surface area (Å²) in [5, 5.41) is 0. The maximum absolute atomic E-state index is 12.8. The molecule has 198 valence electrons. The Morgan fingerprint density at radius 3 is 0.923 bits per heavy atom. The van der Waals surface area contributed by atoms with Gasteiger partial charge in [0.05, 0.1) is 0 Å². The lowest BCUT2D eigenvalue weighted by molar-refractivity contribution is 0.208. The van der Waals surface area contributed by atoms with Crippen molar-refractivity contribution in [2.75, 3.05) is 35.8 Å². The molecule has 0 aliphatic rings. The van der Waals surface area contributed by atoms with E-state index in [0.29, 0.717) is 17.2 Å². The predicted octanol–water partition coefficient (Wildman–Crippen LogP) is 4.78. The van der Waals surface area contributed by atoms with Crippen molar-refractivity contribution >= 4 is 36.1 Å². The van der Waals surface area contributed by atoms with Gasteiger partial charge in [0.25, 0.3) is 0 Å². The summed E-state index contributed by atoms with van der Waals surface area (Å²) in [5.74, 6) is 0.307. The van der Waals surface area contributed by atoms with Crippen molar-refractivity contribution in [1.82, 2.24) is 15.0 Å². The van der Waals surface area contributed by atoms with Gasteiger partial charge in [0, 0.05) is 21.1 Å². The Morgan fingerprint density at radius 2 is 0.692 bits per heavy atom. The quantitative estimate of drug-likeness (QED) is 0.347. The van der Waals surface area contributed by atoms with Crippen molar-refractivity contribution in [1.29, 1.82) is 0 Å². The molecule has 3 amide bonds. The summed E-state index contributed by atoms with van der Waals surface area (Å²) in [7, 11) is 4.12. The number of ether oxygens (including phenoxy) is 3. The topological polar surface area (TPSA) is 127 Å². The number of aromatic nitrogens is 3. The molecule has 4 aromatic rings. The molecular weight excluding hydrogens is 504 g/mol. The second-order valence-electron chi connectivity index (χ2n) is 7.96. The highest BCUT2D eigenvalue weighted by molar-refractivity contribution is 5.90. The second-order valence-corrected chi connectivity index (χ2v) is 7.96. The van der Waals surface area contributed by atoms with E-state index in [4.69, 9.17) is 14.2 Å². The monoisotopic (exact) mass is 528 g/mol. The fourth-order valence-corrected chi connectivity index (χ4v) is 3.01. The Morgan fingerprint density at radius 1 is 0.462 bits per heavy atom. The molecule has 0 N–H and O–H groups in total. The smallest absolute Gasteiger partial charge is 0.410 e. The Labute approximate surface area is 224 Å².